The molecule has 1 heterocycles. The summed E-state index contributed by atoms with van der Waals surface area (Å²) in [5, 5.41) is 15.2. The number of amides is 2. The Bertz CT molecular complexity index is 637. The van der Waals surface area contributed by atoms with Gasteiger partial charge in [-0.1, -0.05) is 18.2 Å². The fraction of sp³-hybridized carbons (Fsp3) is 0.353. The van der Waals surface area contributed by atoms with Crippen molar-refractivity contribution in [2.24, 2.45) is 0 Å². The Kier molecular flexibility index (Phi) is 4.44. The molecule has 0 bridgehead atoms. The fourth-order valence-electron chi connectivity index (χ4n) is 2.75. The van der Waals surface area contributed by atoms with Crippen molar-refractivity contribution in [3.05, 3.63) is 59.0 Å². The maximum Gasteiger partial charge on any atom is 0.315 e. The Morgan fingerprint density at radius 2 is 2.09 bits per heavy atom. The van der Waals surface area contributed by atoms with E-state index in [1.165, 1.54) is 23.8 Å². The standard InChI is InChI=1S/C17H20N2O3/c20-15(16-5-2-8-22-16)11-19-17(21)18-10-12-6-7-13-3-1-4-14(13)9-12/h2,5-9,15,20H,1,3-4,10-11H2,(H2,18,19,21). The molecule has 3 N–H and O–H groups in total. The summed E-state index contributed by atoms with van der Waals surface area (Å²) < 4.78 is 5.08. The van der Waals surface area contributed by atoms with Crippen LogP contribution >= 0.6 is 0 Å². The van der Waals surface area contributed by atoms with Crippen LogP contribution in [0.5, 0.6) is 0 Å². The lowest BCUT2D eigenvalue weighted by atomic mass is 10.1. The molecule has 5 nitrogen and oxygen atoms in total. The third-order valence-electron chi connectivity index (χ3n) is 3.94. The van der Waals surface area contributed by atoms with Crippen molar-refractivity contribution >= 4 is 6.03 Å². The molecular weight excluding hydrogens is 280 g/mol. The molecule has 2 aromatic rings. The predicted molar refractivity (Wildman–Crippen MR) is 82.4 cm³/mol. The first kappa shape index (κ1) is 14.7. The van der Waals surface area contributed by atoms with E-state index in [1.807, 2.05) is 0 Å². The zero-order valence-corrected chi connectivity index (χ0v) is 12.3. The molecule has 5 heteroatoms. The van der Waals surface area contributed by atoms with Gasteiger partial charge in [0.2, 0.25) is 0 Å². The molecule has 1 aliphatic rings. The lowest BCUT2D eigenvalue weighted by molar-refractivity contribution is 0.148. The number of fused-ring (bicyclic) bond motifs is 1. The Balaban J connectivity index is 1.44. The van der Waals surface area contributed by atoms with E-state index in [4.69, 9.17) is 4.42 Å². The summed E-state index contributed by atoms with van der Waals surface area (Å²) in [6.07, 6.45) is 4.17. The Morgan fingerprint density at radius 3 is 2.91 bits per heavy atom. The number of rotatable bonds is 5. The van der Waals surface area contributed by atoms with Gasteiger partial charge in [0.25, 0.3) is 0 Å². The second kappa shape index (κ2) is 6.66. The zero-order chi connectivity index (χ0) is 15.4. The van der Waals surface area contributed by atoms with E-state index in [1.54, 1.807) is 12.1 Å². The number of aliphatic hydroxyl groups is 1. The molecule has 1 aromatic carbocycles. The topological polar surface area (TPSA) is 74.5 Å². The second-order valence-corrected chi connectivity index (χ2v) is 5.55. The normalized spacial score (nSPS) is 14.4. The van der Waals surface area contributed by atoms with Crippen molar-refractivity contribution in [1.82, 2.24) is 10.6 Å². The predicted octanol–water partition coefficient (Wildman–Crippen LogP) is 2.30. The van der Waals surface area contributed by atoms with E-state index in [-0.39, 0.29) is 12.6 Å². The molecule has 0 spiro atoms. The zero-order valence-electron chi connectivity index (χ0n) is 12.3. The van der Waals surface area contributed by atoms with E-state index in [0.717, 1.165) is 18.4 Å². The van der Waals surface area contributed by atoms with Crippen molar-refractivity contribution in [2.45, 2.75) is 31.9 Å². The molecule has 1 atom stereocenters. The summed E-state index contributed by atoms with van der Waals surface area (Å²) in [6.45, 7) is 0.597. The number of aliphatic hydroxyl groups excluding tert-OH is 1. The van der Waals surface area contributed by atoms with Crippen molar-refractivity contribution in [3.8, 4) is 0 Å². The SMILES string of the molecule is O=C(NCc1ccc2c(c1)CCC2)NCC(O)c1ccco1. The first-order chi connectivity index (χ1) is 10.7. The minimum absolute atomic E-state index is 0.115. The van der Waals surface area contributed by atoms with Gasteiger partial charge in [0.15, 0.2) is 0 Å². The monoisotopic (exact) mass is 300 g/mol. The van der Waals surface area contributed by atoms with Crippen LogP contribution in [0.25, 0.3) is 0 Å². The highest BCUT2D eigenvalue weighted by molar-refractivity contribution is 5.73. The number of hydrogen-bond donors (Lipinski definition) is 3. The molecule has 1 aliphatic carbocycles. The second-order valence-electron chi connectivity index (χ2n) is 5.55. The highest BCUT2D eigenvalue weighted by atomic mass is 16.4. The molecule has 1 aromatic heterocycles. The van der Waals surface area contributed by atoms with Gasteiger partial charge in [0.1, 0.15) is 11.9 Å². The summed E-state index contributed by atoms with van der Waals surface area (Å²) >= 11 is 0. The molecule has 22 heavy (non-hydrogen) atoms. The van der Waals surface area contributed by atoms with Gasteiger partial charge in [0.05, 0.1) is 12.8 Å². The van der Waals surface area contributed by atoms with Gasteiger partial charge >= 0.3 is 6.03 Å². The van der Waals surface area contributed by atoms with Gasteiger partial charge in [-0.05, 0) is 48.1 Å². The average molecular weight is 300 g/mol. The van der Waals surface area contributed by atoms with Crippen LogP contribution in [0.2, 0.25) is 0 Å². The van der Waals surface area contributed by atoms with Gasteiger partial charge in [-0.2, -0.15) is 0 Å². The third-order valence-corrected chi connectivity index (χ3v) is 3.94. The molecule has 0 fully saturated rings. The molecular formula is C17H20N2O3. The van der Waals surface area contributed by atoms with E-state index < -0.39 is 6.10 Å². The Hall–Kier alpha value is -2.27. The van der Waals surface area contributed by atoms with Gasteiger partial charge in [-0.25, -0.2) is 4.79 Å². The first-order valence-corrected chi connectivity index (χ1v) is 7.56. The Labute approximate surface area is 129 Å². The smallest absolute Gasteiger partial charge is 0.315 e. The van der Waals surface area contributed by atoms with E-state index in [9.17, 15) is 9.90 Å². The number of hydrogen-bond acceptors (Lipinski definition) is 3. The number of furan rings is 1. The summed E-state index contributed by atoms with van der Waals surface area (Å²) in [6, 6.07) is 9.45. The van der Waals surface area contributed by atoms with Gasteiger partial charge in [-0.3, -0.25) is 0 Å². The largest absolute Gasteiger partial charge is 0.467 e. The minimum Gasteiger partial charge on any atom is -0.467 e. The van der Waals surface area contributed by atoms with Crippen molar-refractivity contribution in [1.29, 1.82) is 0 Å². The van der Waals surface area contributed by atoms with Crippen LogP contribution < -0.4 is 10.6 Å². The number of carbonyl (C=O) groups is 1. The third kappa shape index (κ3) is 3.49. The minimum atomic E-state index is -0.833. The number of urea groups is 1. The van der Waals surface area contributed by atoms with Crippen LogP contribution in [-0.4, -0.2) is 17.7 Å². The molecule has 2 amide bonds. The highest BCUT2D eigenvalue weighted by Gasteiger charge is 2.13. The van der Waals surface area contributed by atoms with E-state index >= 15 is 0 Å². The van der Waals surface area contributed by atoms with Gasteiger partial charge in [0, 0.05) is 6.54 Å². The Morgan fingerprint density at radius 1 is 1.23 bits per heavy atom. The van der Waals surface area contributed by atoms with E-state index in [2.05, 4.69) is 28.8 Å². The summed E-state index contributed by atoms with van der Waals surface area (Å²) in [7, 11) is 0. The fourth-order valence-corrected chi connectivity index (χ4v) is 2.75. The molecule has 0 radical (unpaired) electrons. The lowest BCUT2D eigenvalue weighted by Gasteiger charge is -2.11. The lowest BCUT2D eigenvalue weighted by Crippen LogP contribution is -2.37. The van der Waals surface area contributed by atoms with Gasteiger partial charge in [-0.15, -0.1) is 0 Å². The van der Waals surface area contributed by atoms with Crippen molar-refractivity contribution < 1.29 is 14.3 Å². The summed E-state index contributed by atoms with van der Waals surface area (Å²) in [5.74, 6) is 0.443. The van der Waals surface area contributed by atoms with Crippen molar-refractivity contribution in [3.63, 3.8) is 0 Å². The van der Waals surface area contributed by atoms with Crippen LogP contribution in [0.15, 0.2) is 41.0 Å². The molecule has 116 valence electrons. The van der Waals surface area contributed by atoms with Crippen LogP contribution in [-0.2, 0) is 19.4 Å². The summed E-state index contributed by atoms with van der Waals surface area (Å²) in [5.41, 5.74) is 3.92. The number of benzene rings is 1. The summed E-state index contributed by atoms with van der Waals surface area (Å²) in [4.78, 5) is 11.8. The van der Waals surface area contributed by atoms with Gasteiger partial charge < -0.3 is 20.2 Å². The number of nitrogens with one attached hydrogen (secondary N) is 2. The average Bonchev–Trinajstić information content (AvgIpc) is 3.20. The maximum absolute atomic E-state index is 11.8. The molecule has 0 saturated carbocycles. The highest BCUT2D eigenvalue weighted by Crippen LogP contribution is 2.22. The van der Waals surface area contributed by atoms with Crippen LogP contribution in [0, 0.1) is 0 Å². The van der Waals surface area contributed by atoms with E-state index in [0.29, 0.717) is 12.3 Å². The molecule has 0 saturated heterocycles. The number of carbonyl (C=O) groups excluding carboxylic acids is 1. The maximum atomic E-state index is 11.8. The van der Waals surface area contributed by atoms with Crippen LogP contribution in [0.4, 0.5) is 4.79 Å². The van der Waals surface area contributed by atoms with Crippen LogP contribution in [0.1, 0.15) is 35.0 Å². The van der Waals surface area contributed by atoms with Crippen molar-refractivity contribution in [2.75, 3.05) is 6.54 Å². The first-order valence-electron chi connectivity index (χ1n) is 7.56. The van der Waals surface area contributed by atoms with Crippen LogP contribution in [0.3, 0.4) is 0 Å². The molecule has 0 aliphatic heterocycles. The molecule has 1 unspecified atom stereocenters. The quantitative estimate of drug-likeness (QED) is 0.793. The molecule has 3 rings (SSSR count). The number of aryl methyl sites for hydroxylation is 2.